The van der Waals surface area contributed by atoms with Crippen LogP contribution in [-0.4, -0.2) is 21.6 Å². The van der Waals surface area contributed by atoms with Crippen molar-refractivity contribution >= 4 is 28.7 Å². The SMILES string of the molecule is Cn1c(=O)oc2cc(NC(=O)[C@H]3[C@@H](C(=O)O)[C@H]4C=C[C@H]3C4)ccc21. The van der Waals surface area contributed by atoms with Gasteiger partial charge in [-0.1, -0.05) is 12.2 Å². The minimum Gasteiger partial charge on any atom is -0.481 e. The number of carbonyl (C=O) groups excluding carboxylic acids is 1. The van der Waals surface area contributed by atoms with E-state index in [0.717, 1.165) is 0 Å². The first-order valence-corrected chi connectivity index (χ1v) is 7.77. The van der Waals surface area contributed by atoms with Crippen LogP contribution >= 0.6 is 0 Å². The summed E-state index contributed by atoms with van der Waals surface area (Å²) in [5, 5.41) is 12.2. The van der Waals surface area contributed by atoms with Gasteiger partial charge in [0.2, 0.25) is 5.91 Å². The number of carbonyl (C=O) groups is 2. The van der Waals surface area contributed by atoms with Gasteiger partial charge in [0.25, 0.3) is 0 Å². The van der Waals surface area contributed by atoms with Crippen LogP contribution in [0.4, 0.5) is 5.69 Å². The number of aryl methyl sites for hydroxylation is 1. The number of oxazole rings is 1. The standard InChI is InChI=1S/C17H16N2O5/c1-19-11-5-4-10(7-12(11)24-17(19)23)18-15(20)13-8-2-3-9(6-8)14(13)16(21)22/h2-5,7-9,13-14H,6H2,1H3,(H,18,20)(H,21,22)/t8-,9-,13+,14-/m0/s1. The van der Waals surface area contributed by atoms with E-state index in [-0.39, 0.29) is 17.7 Å². The minimum atomic E-state index is -0.934. The van der Waals surface area contributed by atoms with Crippen molar-refractivity contribution in [3.05, 3.63) is 40.9 Å². The Morgan fingerprint density at radius 3 is 2.67 bits per heavy atom. The molecule has 24 heavy (non-hydrogen) atoms. The molecule has 0 aliphatic heterocycles. The molecule has 2 aromatic rings. The summed E-state index contributed by atoms with van der Waals surface area (Å²) in [6, 6.07) is 4.94. The number of aromatic nitrogens is 1. The van der Waals surface area contributed by atoms with Crippen LogP contribution < -0.4 is 11.1 Å². The quantitative estimate of drug-likeness (QED) is 0.833. The van der Waals surface area contributed by atoms with Crippen molar-refractivity contribution in [3.63, 3.8) is 0 Å². The van der Waals surface area contributed by atoms with Gasteiger partial charge in [-0.2, -0.15) is 0 Å². The summed E-state index contributed by atoms with van der Waals surface area (Å²) >= 11 is 0. The highest BCUT2D eigenvalue weighted by Crippen LogP contribution is 2.48. The fraction of sp³-hybridized carbons (Fsp3) is 0.353. The van der Waals surface area contributed by atoms with Gasteiger partial charge in [-0.25, -0.2) is 4.79 Å². The molecule has 0 radical (unpaired) electrons. The van der Waals surface area contributed by atoms with Crippen LogP contribution in [0.15, 0.2) is 39.6 Å². The molecule has 1 fully saturated rings. The fourth-order valence-corrected chi connectivity index (χ4v) is 3.95. The molecule has 1 amide bonds. The molecule has 1 heterocycles. The van der Waals surface area contributed by atoms with E-state index in [2.05, 4.69) is 5.32 Å². The normalized spacial score (nSPS) is 27.7. The number of anilines is 1. The van der Waals surface area contributed by atoms with E-state index in [0.29, 0.717) is 23.2 Å². The van der Waals surface area contributed by atoms with E-state index in [1.807, 2.05) is 12.2 Å². The lowest BCUT2D eigenvalue weighted by Gasteiger charge is -2.23. The summed E-state index contributed by atoms with van der Waals surface area (Å²) in [7, 11) is 1.60. The topological polar surface area (TPSA) is 102 Å². The van der Waals surface area contributed by atoms with Crippen LogP contribution in [0.3, 0.4) is 0 Å². The van der Waals surface area contributed by atoms with Crippen LogP contribution in [0.2, 0.25) is 0 Å². The molecule has 1 aromatic heterocycles. The maximum atomic E-state index is 12.6. The molecule has 2 N–H and O–H groups in total. The number of aliphatic carboxylic acids is 1. The van der Waals surface area contributed by atoms with E-state index < -0.39 is 23.6 Å². The second-order valence-corrected chi connectivity index (χ2v) is 6.44. The first kappa shape index (κ1) is 14.7. The Balaban J connectivity index is 1.61. The van der Waals surface area contributed by atoms with Gasteiger partial charge >= 0.3 is 11.7 Å². The number of hydrogen-bond acceptors (Lipinski definition) is 4. The summed E-state index contributed by atoms with van der Waals surface area (Å²) in [5.41, 5.74) is 1.49. The minimum absolute atomic E-state index is 0.0329. The zero-order chi connectivity index (χ0) is 17.0. The second-order valence-electron chi connectivity index (χ2n) is 6.44. The van der Waals surface area contributed by atoms with Crippen molar-refractivity contribution in [3.8, 4) is 0 Å². The van der Waals surface area contributed by atoms with Crippen molar-refractivity contribution < 1.29 is 19.1 Å². The number of nitrogens with zero attached hydrogens (tertiary/aromatic N) is 1. The summed E-state index contributed by atoms with van der Waals surface area (Å²) in [6.07, 6.45) is 4.55. The number of rotatable bonds is 3. The monoisotopic (exact) mass is 328 g/mol. The van der Waals surface area contributed by atoms with Crippen molar-refractivity contribution in [1.29, 1.82) is 0 Å². The lowest BCUT2D eigenvalue weighted by atomic mass is 9.82. The molecule has 0 unspecified atom stereocenters. The fourth-order valence-electron chi connectivity index (χ4n) is 3.95. The molecule has 4 rings (SSSR count). The predicted molar refractivity (Wildman–Crippen MR) is 85.4 cm³/mol. The number of nitrogens with one attached hydrogen (secondary N) is 1. The molecule has 2 bridgehead atoms. The highest BCUT2D eigenvalue weighted by molar-refractivity contribution is 5.97. The Bertz CT molecular complexity index is 938. The van der Waals surface area contributed by atoms with Crippen molar-refractivity contribution in [2.75, 3.05) is 5.32 Å². The van der Waals surface area contributed by atoms with Crippen molar-refractivity contribution in [1.82, 2.24) is 4.57 Å². The number of fused-ring (bicyclic) bond motifs is 3. The summed E-state index contributed by atoms with van der Waals surface area (Å²) in [4.78, 5) is 35.7. The largest absolute Gasteiger partial charge is 0.481 e. The predicted octanol–water partition coefficient (Wildman–Crippen LogP) is 1.59. The van der Waals surface area contributed by atoms with Gasteiger partial charge in [0.1, 0.15) is 0 Å². The zero-order valence-corrected chi connectivity index (χ0v) is 12.9. The smallest absolute Gasteiger partial charge is 0.419 e. The van der Waals surface area contributed by atoms with Gasteiger partial charge in [-0.05, 0) is 30.4 Å². The average molecular weight is 328 g/mol. The number of amides is 1. The summed E-state index contributed by atoms with van der Waals surface area (Å²) in [5.74, 6) is -3.08. The van der Waals surface area contributed by atoms with Gasteiger partial charge in [-0.3, -0.25) is 14.2 Å². The van der Waals surface area contributed by atoms with Gasteiger partial charge in [0.15, 0.2) is 5.58 Å². The molecular formula is C17H16N2O5. The van der Waals surface area contributed by atoms with E-state index in [4.69, 9.17) is 4.42 Å². The molecular weight excluding hydrogens is 312 g/mol. The Kier molecular flexibility index (Phi) is 3.13. The second kappa shape index (κ2) is 5.09. The number of allylic oxidation sites excluding steroid dienone is 2. The lowest BCUT2D eigenvalue weighted by Crippen LogP contribution is -2.36. The van der Waals surface area contributed by atoms with Crippen LogP contribution in [-0.2, 0) is 16.6 Å². The molecule has 1 aromatic carbocycles. The van der Waals surface area contributed by atoms with Crippen LogP contribution in [0, 0.1) is 23.7 Å². The Morgan fingerprint density at radius 1 is 1.25 bits per heavy atom. The Hall–Kier alpha value is -2.83. The van der Waals surface area contributed by atoms with Crippen LogP contribution in [0.1, 0.15) is 6.42 Å². The summed E-state index contributed by atoms with van der Waals surface area (Å²) in [6.45, 7) is 0. The molecule has 0 spiro atoms. The highest BCUT2D eigenvalue weighted by atomic mass is 16.4. The molecule has 1 saturated carbocycles. The van der Waals surface area contributed by atoms with Crippen LogP contribution in [0.5, 0.6) is 0 Å². The molecule has 0 saturated heterocycles. The number of benzene rings is 1. The molecule has 124 valence electrons. The zero-order valence-electron chi connectivity index (χ0n) is 12.9. The van der Waals surface area contributed by atoms with E-state index in [1.165, 1.54) is 4.57 Å². The van der Waals surface area contributed by atoms with Gasteiger partial charge in [0, 0.05) is 18.8 Å². The number of hydrogen-bond donors (Lipinski definition) is 2. The third-order valence-corrected chi connectivity index (χ3v) is 5.11. The molecule has 2 aliphatic rings. The highest BCUT2D eigenvalue weighted by Gasteiger charge is 2.51. The van der Waals surface area contributed by atoms with Crippen molar-refractivity contribution in [2.24, 2.45) is 30.7 Å². The molecule has 7 heteroatoms. The molecule has 2 aliphatic carbocycles. The number of carboxylic acids is 1. The lowest BCUT2D eigenvalue weighted by molar-refractivity contribution is -0.146. The maximum absolute atomic E-state index is 12.6. The van der Waals surface area contributed by atoms with E-state index in [1.54, 1.807) is 25.2 Å². The third-order valence-electron chi connectivity index (χ3n) is 5.11. The average Bonchev–Trinajstić information content (AvgIpc) is 3.21. The van der Waals surface area contributed by atoms with Gasteiger partial charge < -0.3 is 14.8 Å². The third kappa shape index (κ3) is 2.08. The van der Waals surface area contributed by atoms with E-state index >= 15 is 0 Å². The maximum Gasteiger partial charge on any atom is 0.419 e. The van der Waals surface area contributed by atoms with Gasteiger partial charge in [-0.15, -0.1) is 0 Å². The van der Waals surface area contributed by atoms with Gasteiger partial charge in [0.05, 0.1) is 17.4 Å². The number of carboxylic acid groups (broad SMARTS) is 1. The van der Waals surface area contributed by atoms with E-state index in [9.17, 15) is 19.5 Å². The first-order chi connectivity index (χ1) is 11.5. The van der Waals surface area contributed by atoms with Crippen molar-refractivity contribution in [2.45, 2.75) is 6.42 Å². The molecule has 4 atom stereocenters. The summed E-state index contributed by atoms with van der Waals surface area (Å²) < 4.78 is 6.48. The first-order valence-electron chi connectivity index (χ1n) is 7.77. The molecule has 7 nitrogen and oxygen atoms in total. The Labute approximate surface area is 136 Å². The van der Waals surface area contributed by atoms with Crippen LogP contribution in [0.25, 0.3) is 11.1 Å². The Morgan fingerprint density at radius 2 is 1.96 bits per heavy atom.